The van der Waals surface area contributed by atoms with Crippen LogP contribution in [0.3, 0.4) is 0 Å². The van der Waals surface area contributed by atoms with E-state index in [-0.39, 0.29) is 17.4 Å². The van der Waals surface area contributed by atoms with Crippen LogP contribution < -0.4 is 5.32 Å². The van der Waals surface area contributed by atoms with Crippen LogP contribution in [0.1, 0.15) is 37.9 Å². The molecular formula is C19H16F2N4O2S. The number of aromatic nitrogens is 2. The Morgan fingerprint density at radius 1 is 1.18 bits per heavy atom. The second-order valence-corrected chi connectivity index (χ2v) is 7.53. The molecule has 1 atom stereocenters. The number of likely N-dealkylation sites (tertiary alicyclic amines) is 1. The molecule has 0 radical (unpaired) electrons. The lowest BCUT2D eigenvalue weighted by atomic mass is 9.97. The van der Waals surface area contributed by atoms with Gasteiger partial charge in [-0.2, -0.15) is 0 Å². The van der Waals surface area contributed by atoms with E-state index in [1.165, 1.54) is 11.3 Å². The predicted octanol–water partition coefficient (Wildman–Crippen LogP) is 2.96. The molecule has 2 amide bonds. The van der Waals surface area contributed by atoms with E-state index in [0.29, 0.717) is 34.7 Å². The van der Waals surface area contributed by atoms with Crippen molar-refractivity contribution in [1.82, 2.24) is 20.2 Å². The highest BCUT2D eigenvalue weighted by atomic mass is 32.1. The Morgan fingerprint density at radius 3 is 2.61 bits per heavy atom. The van der Waals surface area contributed by atoms with Crippen molar-refractivity contribution >= 4 is 33.5 Å². The maximum atomic E-state index is 13.5. The number of thiophene rings is 1. The molecule has 6 nitrogen and oxygen atoms in total. The molecule has 3 aromatic rings. The predicted molar refractivity (Wildman–Crippen MR) is 100 cm³/mol. The van der Waals surface area contributed by atoms with E-state index in [0.717, 1.165) is 23.8 Å². The number of nitrogens with one attached hydrogen (secondary N) is 1. The number of carbonyl (C=O) groups excluding carboxylic acids is 2. The Labute approximate surface area is 163 Å². The zero-order chi connectivity index (χ0) is 19.8. The normalized spacial score (nSPS) is 16.5. The standard InChI is InChI=1S/C19H16F2N4O2S/c1-22-17(26)16-14(15-18(28-16)24-4-3-23-15)10-2-5-25(9-10)19(27)11-6-12(20)8-13(21)7-11/h3-4,6-8,10H,2,5,9H2,1H3,(H,22,26)/t10-/m0/s1. The lowest BCUT2D eigenvalue weighted by Crippen LogP contribution is -2.29. The molecule has 0 aliphatic carbocycles. The molecule has 3 heterocycles. The van der Waals surface area contributed by atoms with E-state index in [2.05, 4.69) is 15.3 Å². The monoisotopic (exact) mass is 402 g/mol. The number of amides is 2. The van der Waals surface area contributed by atoms with Crippen LogP contribution in [0.5, 0.6) is 0 Å². The lowest BCUT2D eigenvalue weighted by molar-refractivity contribution is 0.0789. The molecule has 9 heteroatoms. The summed E-state index contributed by atoms with van der Waals surface area (Å²) in [5.74, 6) is -2.36. The minimum atomic E-state index is -0.792. The van der Waals surface area contributed by atoms with Gasteiger partial charge in [-0.15, -0.1) is 11.3 Å². The molecule has 1 saturated heterocycles. The van der Waals surface area contributed by atoms with Crippen LogP contribution in [0.25, 0.3) is 10.3 Å². The molecule has 4 rings (SSSR count). The Bertz CT molecular complexity index is 1060. The number of benzene rings is 1. The Kier molecular flexibility index (Phi) is 4.76. The first-order chi connectivity index (χ1) is 13.5. The van der Waals surface area contributed by atoms with Crippen molar-refractivity contribution in [2.45, 2.75) is 12.3 Å². The number of hydrogen-bond donors (Lipinski definition) is 1. The third kappa shape index (κ3) is 3.22. The minimum Gasteiger partial charge on any atom is -0.354 e. The first-order valence-corrected chi connectivity index (χ1v) is 9.50. The fraction of sp³-hybridized carbons (Fsp3) is 0.263. The second-order valence-electron chi connectivity index (χ2n) is 6.53. The topological polar surface area (TPSA) is 75.2 Å². The van der Waals surface area contributed by atoms with E-state index >= 15 is 0 Å². The third-order valence-electron chi connectivity index (χ3n) is 4.79. The molecule has 144 valence electrons. The smallest absolute Gasteiger partial charge is 0.261 e. The van der Waals surface area contributed by atoms with Gasteiger partial charge >= 0.3 is 0 Å². The van der Waals surface area contributed by atoms with Gasteiger partial charge in [0.15, 0.2) is 0 Å². The number of halogens is 2. The van der Waals surface area contributed by atoms with E-state index in [9.17, 15) is 18.4 Å². The van der Waals surface area contributed by atoms with Gasteiger partial charge in [0.1, 0.15) is 22.0 Å². The summed E-state index contributed by atoms with van der Waals surface area (Å²) >= 11 is 1.27. The summed E-state index contributed by atoms with van der Waals surface area (Å²) in [4.78, 5) is 36.4. The van der Waals surface area contributed by atoms with Gasteiger partial charge in [0.25, 0.3) is 11.8 Å². The minimum absolute atomic E-state index is 0.0281. The van der Waals surface area contributed by atoms with Gasteiger partial charge in [-0.25, -0.2) is 13.8 Å². The maximum Gasteiger partial charge on any atom is 0.261 e. The fourth-order valence-corrected chi connectivity index (χ4v) is 4.68. The zero-order valence-electron chi connectivity index (χ0n) is 14.9. The fourth-order valence-electron chi connectivity index (χ4n) is 3.55. The molecule has 0 unspecified atom stereocenters. The van der Waals surface area contributed by atoms with Crippen molar-refractivity contribution in [3.05, 3.63) is 58.2 Å². The summed E-state index contributed by atoms with van der Waals surface area (Å²) in [6, 6.07) is 2.79. The number of carbonyl (C=O) groups is 2. The Morgan fingerprint density at radius 2 is 1.89 bits per heavy atom. The van der Waals surface area contributed by atoms with E-state index in [4.69, 9.17) is 0 Å². The number of hydrogen-bond acceptors (Lipinski definition) is 5. The van der Waals surface area contributed by atoms with Gasteiger partial charge in [0.2, 0.25) is 0 Å². The molecule has 28 heavy (non-hydrogen) atoms. The summed E-state index contributed by atoms with van der Waals surface area (Å²) in [6.45, 7) is 0.760. The van der Waals surface area contributed by atoms with Crippen molar-refractivity contribution in [2.24, 2.45) is 0 Å². The SMILES string of the molecule is CNC(=O)c1sc2nccnc2c1[C@H]1CCN(C(=O)c2cc(F)cc(F)c2)C1. The van der Waals surface area contributed by atoms with Crippen molar-refractivity contribution in [3.63, 3.8) is 0 Å². The van der Waals surface area contributed by atoms with Crippen LogP contribution in [-0.2, 0) is 0 Å². The van der Waals surface area contributed by atoms with Crippen molar-refractivity contribution < 1.29 is 18.4 Å². The molecule has 1 aliphatic rings. The van der Waals surface area contributed by atoms with E-state index in [1.54, 1.807) is 24.3 Å². The van der Waals surface area contributed by atoms with Crippen molar-refractivity contribution in [2.75, 3.05) is 20.1 Å². The number of rotatable bonds is 3. The van der Waals surface area contributed by atoms with Crippen LogP contribution in [0.4, 0.5) is 8.78 Å². The number of nitrogens with zero attached hydrogens (tertiary/aromatic N) is 3. The molecule has 1 aliphatic heterocycles. The third-order valence-corrected chi connectivity index (χ3v) is 5.89. The summed E-state index contributed by atoms with van der Waals surface area (Å²) < 4.78 is 26.9. The molecule has 0 saturated carbocycles. The average molecular weight is 402 g/mol. The molecule has 2 aromatic heterocycles. The van der Waals surface area contributed by atoms with Gasteiger partial charge in [-0.1, -0.05) is 0 Å². The molecule has 1 N–H and O–H groups in total. The molecule has 1 aromatic carbocycles. The largest absolute Gasteiger partial charge is 0.354 e. The highest BCUT2D eigenvalue weighted by Crippen LogP contribution is 2.38. The first kappa shape index (κ1) is 18.4. The summed E-state index contributed by atoms with van der Waals surface area (Å²) in [7, 11) is 1.56. The van der Waals surface area contributed by atoms with Crippen molar-refractivity contribution in [3.8, 4) is 0 Å². The quantitative estimate of drug-likeness (QED) is 0.731. The van der Waals surface area contributed by atoms with Crippen LogP contribution in [0.15, 0.2) is 30.6 Å². The van der Waals surface area contributed by atoms with Crippen LogP contribution in [0.2, 0.25) is 0 Å². The van der Waals surface area contributed by atoms with Crippen LogP contribution >= 0.6 is 11.3 Å². The zero-order valence-corrected chi connectivity index (χ0v) is 15.7. The summed E-state index contributed by atoms with van der Waals surface area (Å²) in [5, 5.41) is 2.63. The van der Waals surface area contributed by atoms with E-state index in [1.807, 2.05) is 0 Å². The van der Waals surface area contributed by atoms with E-state index < -0.39 is 17.5 Å². The van der Waals surface area contributed by atoms with Gasteiger partial charge < -0.3 is 10.2 Å². The Balaban J connectivity index is 1.66. The second kappa shape index (κ2) is 7.23. The van der Waals surface area contributed by atoms with Gasteiger partial charge in [0, 0.05) is 55.6 Å². The molecule has 0 spiro atoms. The lowest BCUT2D eigenvalue weighted by Gasteiger charge is -2.17. The van der Waals surface area contributed by atoms with Gasteiger partial charge in [-0.05, 0) is 18.6 Å². The average Bonchev–Trinajstić information content (AvgIpc) is 3.30. The maximum absolute atomic E-state index is 13.5. The van der Waals surface area contributed by atoms with Crippen LogP contribution in [0, 0.1) is 11.6 Å². The Hall–Kier alpha value is -2.94. The highest BCUT2D eigenvalue weighted by Gasteiger charge is 2.33. The van der Waals surface area contributed by atoms with Crippen molar-refractivity contribution in [1.29, 1.82) is 0 Å². The van der Waals surface area contributed by atoms with Gasteiger partial charge in [-0.3, -0.25) is 14.6 Å². The summed E-state index contributed by atoms with van der Waals surface area (Å²) in [5.41, 5.74) is 1.40. The molecule has 1 fully saturated rings. The first-order valence-electron chi connectivity index (χ1n) is 8.68. The van der Waals surface area contributed by atoms with Crippen LogP contribution in [-0.4, -0.2) is 46.8 Å². The van der Waals surface area contributed by atoms with Gasteiger partial charge in [0.05, 0.1) is 4.88 Å². The number of fused-ring (bicyclic) bond motifs is 1. The highest BCUT2D eigenvalue weighted by molar-refractivity contribution is 7.20. The molecular weight excluding hydrogens is 386 g/mol. The summed E-state index contributed by atoms with van der Waals surface area (Å²) in [6.07, 6.45) is 3.76. The molecule has 0 bridgehead atoms.